The predicted molar refractivity (Wildman–Crippen MR) is 210 cm³/mol. The maximum absolute atomic E-state index is 13.7. The molecule has 0 aromatic rings. The topological polar surface area (TPSA) is 361 Å². The van der Waals surface area contributed by atoms with E-state index in [2.05, 4.69) is 31.9 Å². The summed E-state index contributed by atoms with van der Waals surface area (Å²) in [7, 11) is 0. The zero-order chi connectivity index (χ0) is 44.3. The molecule has 7 amide bonds. The largest absolute Gasteiger partial charge is 0.480 e. The van der Waals surface area contributed by atoms with Crippen molar-refractivity contribution < 1.29 is 53.7 Å². The average Bonchev–Trinajstić information content (AvgIpc) is 3.66. The van der Waals surface area contributed by atoms with Gasteiger partial charge in [-0.1, -0.05) is 48.0 Å². The van der Waals surface area contributed by atoms with Crippen LogP contribution < -0.4 is 48.7 Å². The molecule has 1 fully saturated rings. The van der Waals surface area contributed by atoms with Gasteiger partial charge in [0.1, 0.15) is 42.8 Å². The summed E-state index contributed by atoms with van der Waals surface area (Å²) in [6.45, 7) is 8.44. The van der Waals surface area contributed by atoms with E-state index in [-0.39, 0.29) is 49.5 Å². The summed E-state index contributed by atoms with van der Waals surface area (Å²) in [4.78, 5) is 105. The number of amides is 7. The van der Waals surface area contributed by atoms with Gasteiger partial charge in [0.15, 0.2) is 5.96 Å². The number of carbonyl (C=O) groups excluding carboxylic acids is 7. The third-order valence-electron chi connectivity index (χ3n) is 9.63. The zero-order valence-electron chi connectivity index (χ0n) is 34.3. The van der Waals surface area contributed by atoms with Crippen LogP contribution in [0.1, 0.15) is 80.1 Å². The molecule has 22 heteroatoms. The van der Waals surface area contributed by atoms with Crippen molar-refractivity contribution in [1.82, 2.24) is 42.1 Å². The number of aliphatic hydroxyl groups excluding tert-OH is 2. The highest BCUT2D eigenvalue weighted by Gasteiger charge is 2.40. The van der Waals surface area contributed by atoms with Crippen LogP contribution in [0.25, 0.3) is 0 Å². The molecule has 15 N–H and O–H groups in total. The van der Waals surface area contributed by atoms with Gasteiger partial charge >= 0.3 is 5.97 Å². The Balaban J connectivity index is 3.17. The van der Waals surface area contributed by atoms with Gasteiger partial charge in [-0.15, -0.1) is 0 Å². The molecule has 0 aromatic carbocycles. The first-order valence-corrected chi connectivity index (χ1v) is 19.6. The Bertz CT molecular complexity index is 1450. The van der Waals surface area contributed by atoms with Gasteiger partial charge in [-0.05, 0) is 49.9 Å². The Morgan fingerprint density at radius 3 is 1.84 bits per heavy atom. The normalized spacial score (nSPS) is 17.4. The van der Waals surface area contributed by atoms with E-state index >= 15 is 0 Å². The minimum absolute atomic E-state index is 0.0305. The van der Waals surface area contributed by atoms with E-state index in [0.29, 0.717) is 25.8 Å². The number of hydrogen-bond acceptors (Lipinski definition) is 12. The van der Waals surface area contributed by atoms with Crippen LogP contribution in [0.15, 0.2) is 0 Å². The monoisotopic (exact) mass is 827 g/mol. The molecular weight excluding hydrogens is 762 g/mol. The number of aliphatic hydroxyl groups is 2. The van der Waals surface area contributed by atoms with Gasteiger partial charge in [-0.2, -0.15) is 0 Å². The van der Waals surface area contributed by atoms with Crippen molar-refractivity contribution in [3.8, 4) is 0 Å². The van der Waals surface area contributed by atoms with Crippen molar-refractivity contribution >= 4 is 53.3 Å². The van der Waals surface area contributed by atoms with Crippen LogP contribution in [0.3, 0.4) is 0 Å². The van der Waals surface area contributed by atoms with Crippen LogP contribution in [0.4, 0.5) is 0 Å². The molecule has 22 nitrogen and oxygen atoms in total. The summed E-state index contributed by atoms with van der Waals surface area (Å²) >= 11 is 0. The van der Waals surface area contributed by atoms with Gasteiger partial charge in [0.25, 0.3) is 0 Å². The second-order valence-corrected chi connectivity index (χ2v) is 15.2. The minimum atomic E-state index is -1.59. The van der Waals surface area contributed by atoms with Gasteiger partial charge in [0.05, 0.1) is 19.3 Å². The number of carboxylic acids is 1. The standard InChI is InChI=1S/C36H65N11O11/c1-7-20(6)27(37)35(58)47-13-9-11-25(47)33(56)46-28(19(4)5)34(57)45-24(17-49)32(55)43-22(14-18(2)3)31(54)42-21(10-8-12-40-36(38)39)30(53)44-23(16-48)29(52)41-15-26(50)51/h18-25,27-28,48-49H,7-17,37H2,1-6H3,(H,41,52)(H,42,54)(H,43,55)(H,44,53)(H,45,57)(H,46,56)(H,50,51)(H4,38,39,40)/t20-,21-,22-,23-,24-,25-,27-,28-/m0/s1. The quantitative estimate of drug-likeness (QED) is 0.0237. The van der Waals surface area contributed by atoms with Gasteiger partial charge in [0.2, 0.25) is 41.4 Å². The van der Waals surface area contributed by atoms with E-state index in [1.54, 1.807) is 27.7 Å². The number of likely N-dealkylation sites (tertiary alicyclic amines) is 1. The minimum Gasteiger partial charge on any atom is -0.480 e. The van der Waals surface area contributed by atoms with Gasteiger partial charge in [-0.3, -0.25) is 43.8 Å². The number of nitrogens with zero attached hydrogens (tertiary/aromatic N) is 1. The fourth-order valence-electron chi connectivity index (χ4n) is 6.03. The first-order chi connectivity index (χ1) is 27.2. The molecule has 0 aliphatic carbocycles. The highest BCUT2D eigenvalue weighted by Crippen LogP contribution is 2.21. The number of rotatable bonds is 25. The number of guanidine groups is 1. The number of carbonyl (C=O) groups is 8. The molecule has 58 heavy (non-hydrogen) atoms. The SMILES string of the molecule is CC[C@H](C)[C@H](N)C(=O)N1CCC[C@H]1C(=O)N[C@H](C(=O)N[C@@H](CO)C(=O)N[C@@H](CC(C)C)C(=O)N[C@@H](CCCNC(=N)N)C(=O)N[C@@H](CO)C(=O)NCC(=O)O)C(C)C. The maximum Gasteiger partial charge on any atom is 0.322 e. The fourth-order valence-corrected chi connectivity index (χ4v) is 6.03. The van der Waals surface area contributed by atoms with Crippen molar-refractivity contribution in [3.63, 3.8) is 0 Å². The molecule has 0 spiro atoms. The van der Waals surface area contributed by atoms with Crippen molar-refractivity contribution in [2.45, 2.75) is 122 Å². The van der Waals surface area contributed by atoms with E-state index in [4.69, 9.17) is 22.0 Å². The second-order valence-electron chi connectivity index (χ2n) is 15.2. The molecule has 1 rings (SSSR count). The number of aliphatic carboxylic acids is 1. The first kappa shape index (κ1) is 50.9. The highest BCUT2D eigenvalue weighted by molar-refractivity contribution is 5.97. The lowest BCUT2D eigenvalue weighted by Gasteiger charge is -2.31. The van der Waals surface area contributed by atoms with Gasteiger partial charge in [-0.25, -0.2) is 0 Å². The molecule has 1 aliphatic heterocycles. The van der Waals surface area contributed by atoms with Crippen LogP contribution >= 0.6 is 0 Å². The van der Waals surface area contributed by atoms with Crippen molar-refractivity contribution in [1.29, 1.82) is 5.41 Å². The predicted octanol–water partition coefficient (Wildman–Crippen LogP) is -4.07. The first-order valence-electron chi connectivity index (χ1n) is 19.6. The van der Waals surface area contributed by atoms with Gasteiger partial charge in [0, 0.05) is 13.1 Å². The molecule has 330 valence electrons. The highest BCUT2D eigenvalue weighted by atomic mass is 16.4. The Labute approximate surface area is 338 Å². The van der Waals surface area contributed by atoms with E-state index in [9.17, 15) is 48.6 Å². The maximum atomic E-state index is 13.7. The van der Waals surface area contributed by atoms with Crippen molar-refractivity contribution in [2.24, 2.45) is 29.2 Å². The summed E-state index contributed by atoms with van der Waals surface area (Å²) in [6, 6.07) is -8.68. The lowest BCUT2D eigenvalue weighted by atomic mass is 9.98. The lowest BCUT2D eigenvalue weighted by molar-refractivity contribution is -0.141. The van der Waals surface area contributed by atoms with E-state index in [0.717, 1.165) is 0 Å². The van der Waals surface area contributed by atoms with Crippen LogP contribution in [-0.4, -0.2) is 149 Å². The zero-order valence-corrected chi connectivity index (χ0v) is 34.3. The summed E-state index contributed by atoms with van der Waals surface area (Å²) in [6.07, 6.45) is 1.71. The molecule has 8 atom stereocenters. The van der Waals surface area contributed by atoms with Crippen LogP contribution in [0.2, 0.25) is 0 Å². The van der Waals surface area contributed by atoms with Gasteiger partial charge < -0.3 is 68.9 Å². The average molecular weight is 828 g/mol. The summed E-state index contributed by atoms with van der Waals surface area (Å²) in [5.74, 6) is -8.01. The number of nitrogens with two attached hydrogens (primary N) is 2. The van der Waals surface area contributed by atoms with Crippen molar-refractivity contribution in [3.05, 3.63) is 0 Å². The molecule has 1 saturated heterocycles. The summed E-state index contributed by atoms with van der Waals surface area (Å²) < 4.78 is 0. The van der Waals surface area contributed by atoms with E-state index < -0.39 is 109 Å². The lowest BCUT2D eigenvalue weighted by Crippen LogP contribution is -2.61. The molecule has 0 radical (unpaired) electrons. The smallest absolute Gasteiger partial charge is 0.322 e. The van der Waals surface area contributed by atoms with E-state index in [1.807, 2.05) is 19.2 Å². The molecule has 0 bridgehead atoms. The summed E-state index contributed by atoms with van der Waals surface area (Å²) in [5, 5.41) is 53.1. The van der Waals surface area contributed by atoms with E-state index in [1.165, 1.54) is 4.90 Å². The molecule has 1 aliphatic rings. The third kappa shape index (κ3) is 16.8. The molecular formula is C36H65N11O11. The van der Waals surface area contributed by atoms with Crippen molar-refractivity contribution in [2.75, 3.05) is 32.8 Å². The third-order valence-corrected chi connectivity index (χ3v) is 9.63. The Morgan fingerprint density at radius 2 is 1.31 bits per heavy atom. The number of carboxylic acid groups (broad SMARTS) is 1. The number of nitrogens with one attached hydrogen (secondary N) is 8. The molecule has 0 aromatic heterocycles. The second kappa shape index (κ2) is 25.3. The Morgan fingerprint density at radius 1 is 0.776 bits per heavy atom. The molecule has 0 unspecified atom stereocenters. The summed E-state index contributed by atoms with van der Waals surface area (Å²) in [5.41, 5.74) is 11.5. The van der Waals surface area contributed by atoms with Crippen LogP contribution in [-0.2, 0) is 38.4 Å². The van der Waals surface area contributed by atoms with Crippen LogP contribution in [0.5, 0.6) is 0 Å². The Hall–Kier alpha value is -5.09. The Kier molecular flexibility index (Phi) is 22.2. The number of hydrogen-bond donors (Lipinski definition) is 13. The molecule has 1 heterocycles. The molecule has 0 saturated carbocycles. The fraction of sp³-hybridized carbons (Fsp3) is 0.750. The van der Waals surface area contributed by atoms with Crippen LogP contribution in [0, 0.1) is 23.2 Å².